The number of ether oxygens (including phenoxy) is 1. The van der Waals surface area contributed by atoms with Crippen molar-refractivity contribution < 1.29 is 9.84 Å². The summed E-state index contributed by atoms with van der Waals surface area (Å²) in [7, 11) is 0. The maximum absolute atomic E-state index is 10.1. The van der Waals surface area contributed by atoms with E-state index in [1.54, 1.807) is 0 Å². The highest BCUT2D eigenvalue weighted by atomic mass is 35.5. The van der Waals surface area contributed by atoms with E-state index in [0.29, 0.717) is 0 Å². The molecule has 1 aromatic carbocycles. The third-order valence-corrected chi connectivity index (χ3v) is 3.60. The van der Waals surface area contributed by atoms with Crippen LogP contribution in [-0.4, -0.2) is 11.2 Å². The van der Waals surface area contributed by atoms with Gasteiger partial charge in [-0.05, 0) is 37.5 Å². The fourth-order valence-electron chi connectivity index (χ4n) is 2.12. The summed E-state index contributed by atoms with van der Waals surface area (Å²) in [6, 6.07) is 1.91. The van der Waals surface area contributed by atoms with Crippen molar-refractivity contribution in [1.29, 1.82) is 0 Å². The van der Waals surface area contributed by atoms with Gasteiger partial charge in [0.1, 0.15) is 18.0 Å². The molecule has 2 nitrogen and oxygen atoms in total. The van der Waals surface area contributed by atoms with E-state index < -0.39 is 6.10 Å². The molecular formula is C12H15ClO2. The summed E-state index contributed by atoms with van der Waals surface area (Å²) in [5.41, 5.74) is 2.80. The summed E-state index contributed by atoms with van der Waals surface area (Å²) in [5, 5.41) is 10.8. The molecule has 0 radical (unpaired) electrons. The Morgan fingerprint density at radius 1 is 1.47 bits per heavy atom. The van der Waals surface area contributed by atoms with Gasteiger partial charge in [0.25, 0.3) is 0 Å². The lowest BCUT2D eigenvalue weighted by molar-refractivity contribution is 0.0651. The van der Waals surface area contributed by atoms with Gasteiger partial charge in [0, 0.05) is 10.6 Å². The fraction of sp³-hybridized carbons (Fsp3) is 0.500. The number of rotatable bonds is 1. The van der Waals surface area contributed by atoms with Gasteiger partial charge in [-0.3, -0.25) is 0 Å². The van der Waals surface area contributed by atoms with Crippen LogP contribution in [0.2, 0.25) is 5.02 Å². The third-order valence-electron chi connectivity index (χ3n) is 3.02. The smallest absolute Gasteiger partial charge is 0.129 e. The van der Waals surface area contributed by atoms with Gasteiger partial charge < -0.3 is 9.84 Å². The first kappa shape index (κ1) is 10.8. The van der Waals surface area contributed by atoms with E-state index in [-0.39, 0.29) is 6.10 Å². The zero-order valence-electron chi connectivity index (χ0n) is 9.17. The van der Waals surface area contributed by atoms with Gasteiger partial charge >= 0.3 is 0 Å². The summed E-state index contributed by atoms with van der Waals surface area (Å²) >= 11 is 6.15. The predicted molar refractivity (Wildman–Crippen MR) is 60.6 cm³/mol. The van der Waals surface area contributed by atoms with Gasteiger partial charge in [0.05, 0.1) is 0 Å². The summed E-state index contributed by atoms with van der Waals surface area (Å²) in [4.78, 5) is 0. The van der Waals surface area contributed by atoms with Crippen molar-refractivity contribution in [3.05, 3.63) is 27.8 Å². The van der Waals surface area contributed by atoms with Gasteiger partial charge in [-0.1, -0.05) is 18.5 Å². The standard InChI is InChI=1S/C12H15ClO2/c1-4-8-12(14)10-7(3)11(13)6(2)5-9(10)15-8/h5,8,12,14H,4H2,1-3H3. The molecular weight excluding hydrogens is 212 g/mol. The molecule has 1 aliphatic heterocycles. The van der Waals surface area contributed by atoms with Gasteiger partial charge in [-0.25, -0.2) is 0 Å². The Morgan fingerprint density at radius 2 is 2.13 bits per heavy atom. The van der Waals surface area contributed by atoms with Gasteiger partial charge in [0.2, 0.25) is 0 Å². The second-order valence-electron chi connectivity index (χ2n) is 4.05. The van der Waals surface area contributed by atoms with E-state index in [0.717, 1.165) is 33.9 Å². The molecule has 2 unspecified atom stereocenters. The Bertz CT molecular complexity index is 401. The van der Waals surface area contributed by atoms with Crippen molar-refractivity contribution in [3.63, 3.8) is 0 Å². The van der Waals surface area contributed by atoms with Crippen LogP contribution in [0.5, 0.6) is 5.75 Å². The van der Waals surface area contributed by atoms with E-state index in [1.165, 1.54) is 0 Å². The van der Waals surface area contributed by atoms with Crippen LogP contribution in [-0.2, 0) is 0 Å². The Balaban J connectivity index is 2.56. The van der Waals surface area contributed by atoms with Crippen molar-refractivity contribution in [3.8, 4) is 5.75 Å². The maximum Gasteiger partial charge on any atom is 0.129 e. The van der Waals surface area contributed by atoms with E-state index in [2.05, 4.69) is 0 Å². The summed E-state index contributed by atoms with van der Waals surface area (Å²) in [5.74, 6) is 0.786. The zero-order valence-corrected chi connectivity index (χ0v) is 9.93. The van der Waals surface area contributed by atoms with Crippen LogP contribution in [0.1, 0.15) is 36.1 Å². The molecule has 1 aromatic rings. The molecule has 2 rings (SSSR count). The highest BCUT2D eigenvalue weighted by Gasteiger charge is 2.34. The number of benzene rings is 1. The van der Waals surface area contributed by atoms with Crippen LogP contribution in [0.15, 0.2) is 6.07 Å². The zero-order chi connectivity index (χ0) is 11.2. The van der Waals surface area contributed by atoms with Gasteiger partial charge in [-0.15, -0.1) is 0 Å². The van der Waals surface area contributed by atoms with Crippen molar-refractivity contribution >= 4 is 11.6 Å². The van der Waals surface area contributed by atoms with Crippen LogP contribution < -0.4 is 4.74 Å². The van der Waals surface area contributed by atoms with Crippen molar-refractivity contribution in [2.45, 2.75) is 39.4 Å². The average Bonchev–Trinajstić information content (AvgIpc) is 2.52. The summed E-state index contributed by atoms with van der Waals surface area (Å²) in [6.45, 7) is 5.88. The minimum absolute atomic E-state index is 0.128. The Kier molecular flexibility index (Phi) is 2.65. The van der Waals surface area contributed by atoms with E-state index in [1.807, 2.05) is 26.8 Å². The first-order chi connectivity index (χ1) is 7.06. The monoisotopic (exact) mass is 226 g/mol. The Hall–Kier alpha value is -0.730. The first-order valence-corrected chi connectivity index (χ1v) is 5.58. The van der Waals surface area contributed by atoms with Crippen LogP contribution in [0.3, 0.4) is 0 Å². The van der Waals surface area contributed by atoms with E-state index in [9.17, 15) is 5.11 Å². The number of aliphatic hydroxyl groups is 1. The van der Waals surface area contributed by atoms with E-state index in [4.69, 9.17) is 16.3 Å². The molecule has 0 amide bonds. The number of hydrogen-bond donors (Lipinski definition) is 1. The number of hydrogen-bond acceptors (Lipinski definition) is 2. The molecule has 1 aliphatic rings. The first-order valence-electron chi connectivity index (χ1n) is 5.20. The topological polar surface area (TPSA) is 29.5 Å². The number of halogens is 1. The molecule has 0 saturated heterocycles. The third kappa shape index (κ3) is 1.52. The fourth-order valence-corrected chi connectivity index (χ4v) is 2.28. The average molecular weight is 227 g/mol. The normalized spacial score (nSPS) is 23.8. The minimum Gasteiger partial charge on any atom is -0.487 e. The highest BCUT2D eigenvalue weighted by Crippen LogP contribution is 2.43. The molecule has 3 heteroatoms. The lowest BCUT2D eigenvalue weighted by atomic mass is 9.98. The van der Waals surface area contributed by atoms with Gasteiger partial charge in [-0.2, -0.15) is 0 Å². The molecule has 82 valence electrons. The van der Waals surface area contributed by atoms with Crippen molar-refractivity contribution in [2.75, 3.05) is 0 Å². The molecule has 15 heavy (non-hydrogen) atoms. The number of aliphatic hydroxyl groups excluding tert-OH is 1. The molecule has 1 N–H and O–H groups in total. The second kappa shape index (κ2) is 3.69. The van der Waals surface area contributed by atoms with Crippen LogP contribution in [0.25, 0.3) is 0 Å². The Labute approximate surface area is 94.8 Å². The summed E-state index contributed by atoms with van der Waals surface area (Å²) in [6.07, 6.45) is 0.131. The molecule has 0 aromatic heterocycles. The molecule has 0 spiro atoms. The minimum atomic E-state index is -0.539. The van der Waals surface area contributed by atoms with Crippen molar-refractivity contribution in [2.24, 2.45) is 0 Å². The van der Waals surface area contributed by atoms with Gasteiger partial charge in [0.15, 0.2) is 0 Å². The maximum atomic E-state index is 10.1. The second-order valence-corrected chi connectivity index (χ2v) is 4.43. The molecule has 1 heterocycles. The SMILES string of the molecule is CCC1Oc2cc(C)c(Cl)c(C)c2C1O. The highest BCUT2D eigenvalue weighted by molar-refractivity contribution is 6.32. The number of aryl methyl sites for hydroxylation is 1. The lowest BCUT2D eigenvalue weighted by Crippen LogP contribution is -2.17. The molecule has 0 saturated carbocycles. The molecule has 0 bridgehead atoms. The molecule has 0 fully saturated rings. The van der Waals surface area contributed by atoms with Crippen molar-refractivity contribution in [1.82, 2.24) is 0 Å². The molecule has 0 aliphatic carbocycles. The largest absolute Gasteiger partial charge is 0.487 e. The predicted octanol–water partition coefficient (Wildman–Crippen LogP) is 3.16. The van der Waals surface area contributed by atoms with Crippen LogP contribution >= 0.6 is 11.6 Å². The Morgan fingerprint density at radius 3 is 2.73 bits per heavy atom. The van der Waals surface area contributed by atoms with Crippen LogP contribution in [0.4, 0.5) is 0 Å². The quantitative estimate of drug-likeness (QED) is 0.797. The summed E-state index contributed by atoms with van der Waals surface area (Å²) < 4.78 is 5.68. The van der Waals surface area contributed by atoms with Crippen LogP contribution in [0, 0.1) is 13.8 Å². The number of fused-ring (bicyclic) bond motifs is 1. The molecule has 2 atom stereocenters. The lowest BCUT2D eigenvalue weighted by Gasteiger charge is -2.11. The van der Waals surface area contributed by atoms with E-state index >= 15 is 0 Å².